The van der Waals surface area contributed by atoms with E-state index < -0.39 is 0 Å². The highest BCUT2D eigenvalue weighted by molar-refractivity contribution is 5.38. The van der Waals surface area contributed by atoms with Crippen LogP contribution in [0.2, 0.25) is 0 Å². The number of nitrogens with two attached hydrogens (primary N) is 1. The van der Waals surface area contributed by atoms with Crippen LogP contribution in [0, 0.1) is 0 Å². The van der Waals surface area contributed by atoms with Gasteiger partial charge in [0.25, 0.3) is 0 Å². The van der Waals surface area contributed by atoms with Crippen molar-refractivity contribution in [1.29, 1.82) is 0 Å². The number of nitrogens with zero attached hydrogens (tertiary/aromatic N) is 3. The van der Waals surface area contributed by atoms with E-state index in [0.29, 0.717) is 11.9 Å². The molecule has 5 nitrogen and oxygen atoms in total. The number of anilines is 2. The van der Waals surface area contributed by atoms with Gasteiger partial charge in [0.2, 0.25) is 0 Å². The monoisotopic (exact) mass is 209 g/mol. The van der Waals surface area contributed by atoms with Crippen molar-refractivity contribution in [3.05, 3.63) is 12.1 Å². The maximum atomic E-state index is 5.43. The molecular weight excluding hydrogens is 190 g/mol. The lowest BCUT2D eigenvalue weighted by atomic mass is 10.3. The Morgan fingerprint density at radius 1 is 1.40 bits per heavy atom. The minimum atomic E-state index is 0.444. The van der Waals surface area contributed by atoms with Crippen molar-refractivity contribution in [2.75, 3.05) is 31.2 Å². The zero-order valence-electron chi connectivity index (χ0n) is 9.57. The van der Waals surface area contributed by atoms with E-state index in [-0.39, 0.29) is 0 Å². The summed E-state index contributed by atoms with van der Waals surface area (Å²) < 4.78 is 0. The Morgan fingerprint density at radius 2 is 2.13 bits per heavy atom. The summed E-state index contributed by atoms with van der Waals surface area (Å²) in [6, 6.07) is 4.13. The summed E-state index contributed by atoms with van der Waals surface area (Å²) in [5.41, 5.74) is 5.43. The van der Waals surface area contributed by atoms with Gasteiger partial charge >= 0.3 is 0 Å². The van der Waals surface area contributed by atoms with Gasteiger partial charge in [-0.15, -0.1) is 10.2 Å². The second kappa shape index (κ2) is 5.50. The van der Waals surface area contributed by atoms with Crippen molar-refractivity contribution in [2.24, 2.45) is 0 Å². The van der Waals surface area contributed by atoms with Gasteiger partial charge in [-0.05, 0) is 33.0 Å². The Bertz CT molecular complexity index is 282. The number of hydrogen-bond donors (Lipinski definition) is 2. The van der Waals surface area contributed by atoms with Crippen molar-refractivity contribution in [1.82, 2.24) is 15.1 Å². The van der Waals surface area contributed by atoms with Crippen molar-refractivity contribution < 1.29 is 0 Å². The molecule has 0 radical (unpaired) electrons. The topological polar surface area (TPSA) is 67.1 Å². The Kier molecular flexibility index (Phi) is 4.30. The summed E-state index contributed by atoms with van der Waals surface area (Å²) in [6.07, 6.45) is 0. The molecule has 0 unspecified atom stereocenters. The quantitative estimate of drug-likeness (QED) is 0.751. The summed E-state index contributed by atoms with van der Waals surface area (Å²) >= 11 is 0. The molecule has 0 aliphatic heterocycles. The van der Waals surface area contributed by atoms with Crippen LogP contribution in [0.5, 0.6) is 0 Å². The molecule has 5 heteroatoms. The SMILES string of the molecule is CC(C)N(C)CCNc1ccc(N)nn1. The van der Waals surface area contributed by atoms with E-state index in [4.69, 9.17) is 5.73 Å². The zero-order valence-corrected chi connectivity index (χ0v) is 9.57. The third-order valence-electron chi connectivity index (χ3n) is 2.34. The van der Waals surface area contributed by atoms with Crippen LogP contribution >= 0.6 is 0 Å². The molecule has 1 heterocycles. The van der Waals surface area contributed by atoms with Gasteiger partial charge in [-0.25, -0.2) is 0 Å². The Labute approximate surface area is 90.7 Å². The normalized spacial score (nSPS) is 11.0. The van der Waals surface area contributed by atoms with Crippen LogP contribution in [0.25, 0.3) is 0 Å². The van der Waals surface area contributed by atoms with Crippen molar-refractivity contribution >= 4 is 11.6 Å². The lowest BCUT2D eigenvalue weighted by Gasteiger charge is -2.20. The first-order valence-electron chi connectivity index (χ1n) is 5.13. The molecule has 0 fully saturated rings. The minimum Gasteiger partial charge on any atom is -0.382 e. The average Bonchev–Trinajstić information content (AvgIpc) is 2.20. The van der Waals surface area contributed by atoms with Gasteiger partial charge in [0.1, 0.15) is 11.6 Å². The molecule has 0 saturated carbocycles. The highest BCUT2D eigenvalue weighted by Crippen LogP contribution is 2.02. The maximum absolute atomic E-state index is 5.43. The average molecular weight is 209 g/mol. The summed E-state index contributed by atoms with van der Waals surface area (Å²) in [5, 5.41) is 10.9. The van der Waals surface area contributed by atoms with Gasteiger partial charge < -0.3 is 16.0 Å². The van der Waals surface area contributed by atoms with Gasteiger partial charge in [0.15, 0.2) is 0 Å². The fraction of sp³-hybridized carbons (Fsp3) is 0.600. The molecule has 1 aromatic rings. The highest BCUT2D eigenvalue weighted by atomic mass is 15.2. The second-order valence-electron chi connectivity index (χ2n) is 3.84. The third-order valence-corrected chi connectivity index (χ3v) is 2.34. The van der Waals surface area contributed by atoms with Crippen LogP contribution < -0.4 is 11.1 Å². The highest BCUT2D eigenvalue weighted by Gasteiger charge is 2.02. The molecule has 0 spiro atoms. The standard InChI is InChI=1S/C10H19N5/c1-8(2)15(3)7-6-12-10-5-4-9(11)13-14-10/h4-5,8H,6-7H2,1-3H3,(H2,11,13)(H,12,14). The van der Waals surface area contributed by atoms with Crippen LogP contribution in [0.4, 0.5) is 11.6 Å². The molecule has 1 aromatic heterocycles. The van der Waals surface area contributed by atoms with E-state index in [2.05, 4.69) is 41.3 Å². The first-order valence-corrected chi connectivity index (χ1v) is 5.13. The number of nitrogen functional groups attached to an aromatic ring is 1. The van der Waals surface area contributed by atoms with E-state index in [9.17, 15) is 0 Å². The second-order valence-corrected chi connectivity index (χ2v) is 3.84. The number of nitrogens with one attached hydrogen (secondary N) is 1. The van der Waals surface area contributed by atoms with E-state index >= 15 is 0 Å². The van der Waals surface area contributed by atoms with Crippen molar-refractivity contribution in [3.63, 3.8) is 0 Å². The third kappa shape index (κ3) is 4.12. The molecule has 0 amide bonds. The first-order chi connectivity index (χ1) is 7.09. The number of rotatable bonds is 5. The van der Waals surface area contributed by atoms with Crippen LogP contribution in [0.3, 0.4) is 0 Å². The Balaban J connectivity index is 2.29. The summed E-state index contributed by atoms with van der Waals surface area (Å²) in [5.74, 6) is 1.21. The van der Waals surface area contributed by atoms with Gasteiger partial charge in [-0.1, -0.05) is 0 Å². The summed E-state index contributed by atoms with van der Waals surface area (Å²) in [6.45, 7) is 6.17. The van der Waals surface area contributed by atoms with Crippen LogP contribution in [-0.2, 0) is 0 Å². The molecule has 0 aromatic carbocycles. The molecule has 1 rings (SSSR count). The van der Waals surface area contributed by atoms with Gasteiger partial charge in [0, 0.05) is 19.1 Å². The fourth-order valence-electron chi connectivity index (χ4n) is 1.06. The number of aromatic nitrogens is 2. The van der Waals surface area contributed by atoms with Crippen molar-refractivity contribution in [2.45, 2.75) is 19.9 Å². The molecule has 15 heavy (non-hydrogen) atoms. The van der Waals surface area contributed by atoms with E-state index in [1.54, 1.807) is 6.07 Å². The minimum absolute atomic E-state index is 0.444. The molecule has 0 aliphatic rings. The van der Waals surface area contributed by atoms with E-state index in [1.807, 2.05) is 6.07 Å². The van der Waals surface area contributed by atoms with E-state index in [1.165, 1.54) is 0 Å². The molecular formula is C10H19N5. The van der Waals surface area contributed by atoms with Gasteiger partial charge in [-0.3, -0.25) is 0 Å². The lowest BCUT2D eigenvalue weighted by Crippen LogP contribution is -2.31. The van der Waals surface area contributed by atoms with Gasteiger partial charge in [0.05, 0.1) is 0 Å². The predicted octanol–water partition coefficient (Wildman–Crippen LogP) is 0.811. The Hall–Kier alpha value is -1.36. The maximum Gasteiger partial charge on any atom is 0.148 e. The molecule has 3 N–H and O–H groups in total. The molecule has 0 saturated heterocycles. The molecule has 0 aliphatic carbocycles. The summed E-state index contributed by atoms with van der Waals surface area (Å²) in [4.78, 5) is 2.26. The summed E-state index contributed by atoms with van der Waals surface area (Å²) in [7, 11) is 2.10. The largest absolute Gasteiger partial charge is 0.382 e. The number of hydrogen-bond acceptors (Lipinski definition) is 5. The molecule has 84 valence electrons. The van der Waals surface area contributed by atoms with Gasteiger partial charge in [-0.2, -0.15) is 0 Å². The first kappa shape index (κ1) is 11.7. The van der Waals surface area contributed by atoms with Crippen LogP contribution in [0.1, 0.15) is 13.8 Å². The Morgan fingerprint density at radius 3 is 2.67 bits per heavy atom. The van der Waals surface area contributed by atoms with Crippen molar-refractivity contribution in [3.8, 4) is 0 Å². The molecule has 0 bridgehead atoms. The smallest absolute Gasteiger partial charge is 0.148 e. The van der Waals surface area contributed by atoms with E-state index in [0.717, 1.165) is 18.9 Å². The zero-order chi connectivity index (χ0) is 11.3. The molecule has 0 atom stereocenters. The lowest BCUT2D eigenvalue weighted by molar-refractivity contribution is 0.284. The van der Waals surface area contributed by atoms with Crippen LogP contribution in [0.15, 0.2) is 12.1 Å². The number of likely N-dealkylation sites (N-methyl/N-ethyl adjacent to an activating group) is 1. The predicted molar refractivity (Wildman–Crippen MR) is 62.7 cm³/mol. The van der Waals surface area contributed by atoms with Crippen LogP contribution in [-0.4, -0.2) is 41.3 Å². The fourth-order valence-corrected chi connectivity index (χ4v) is 1.06.